The van der Waals surface area contributed by atoms with Crippen molar-refractivity contribution >= 4 is 23.6 Å². The van der Waals surface area contributed by atoms with Crippen LogP contribution in [0.2, 0.25) is 0 Å². The Bertz CT molecular complexity index is 462. The molecule has 0 spiro atoms. The minimum absolute atomic E-state index is 0.0290. The third-order valence-corrected chi connectivity index (χ3v) is 3.15. The number of carbonyl (C=O) groups is 2. The van der Waals surface area contributed by atoms with Gasteiger partial charge in [-0.15, -0.1) is 18.3 Å². The van der Waals surface area contributed by atoms with Crippen LogP contribution in [0.5, 0.6) is 0 Å². The van der Waals surface area contributed by atoms with Crippen LogP contribution in [-0.4, -0.2) is 33.8 Å². The van der Waals surface area contributed by atoms with Gasteiger partial charge in [0.15, 0.2) is 0 Å². The van der Waals surface area contributed by atoms with Gasteiger partial charge in [0, 0.05) is 17.6 Å². The maximum atomic E-state index is 11.6. The third-order valence-electron chi connectivity index (χ3n) is 2.05. The molecule has 1 aromatic heterocycles. The van der Waals surface area contributed by atoms with Crippen LogP contribution in [0, 0.1) is 0 Å². The van der Waals surface area contributed by atoms with E-state index in [9.17, 15) is 9.59 Å². The number of hydrogen-bond donors (Lipinski definition) is 2. The zero-order valence-electron chi connectivity index (χ0n) is 9.92. The lowest BCUT2D eigenvalue weighted by Gasteiger charge is -2.10. The van der Waals surface area contributed by atoms with Crippen molar-refractivity contribution in [3.8, 4) is 0 Å². The summed E-state index contributed by atoms with van der Waals surface area (Å²) in [7, 11) is 0. The number of rotatable bonds is 6. The van der Waals surface area contributed by atoms with Gasteiger partial charge in [-0.25, -0.2) is 9.78 Å². The Morgan fingerprint density at radius 1 is 1.67 bits per heavy atom. The van der Waals surface area contributed by atoms with Crippen molar-refractivity contribution in [2.75, 3.05) is 6.54 Å². The molecule has 0 aliphatic rings. The van der Waals surface area contributed by atoms with E-state index in [-0.39, 0.29) is 16.9 Å². The molecular formula is C12H14N2O3S. The molecule has 1 rings (SSSR count). The highest BCUT2D eigenvalue weighted by Crippen LogP contribution is 2.23. The molecule has 1 amide bonds. The molecule has 0 fully saturated rings. The summed E-state index contributed by atoms with van der Waals surface area (Å²) in [6.07, 6.45) is 3.02. The molecule has 0 aliphatic carbocycles. The van der Waals surface area contributed by atoms with Crippen LogP contribution in [0.15, 0.2) is 35.9 Å². The molecule has 1 heterocycles. The van der Waals surface area contributed by atoms with Crippen molar-refractivity contribution in [1.29, 1.82) is 0 Å². The maximum absolute atomic E-state index is 11.6. The van der Waals surface area contributed by atoms with Crippen LogP contribution < -0.4 is 5.32 Å². The van der Waals surface area contributed by atoms with Gasteiger partial charge in [-0.3, -0.25) is 4.79 Å². The molecule has 0 aliphatic heterocycles. The van der Waals surface area contributed by atoms with Crippen LogP contribution in [0.3, 0.4) is 0 Å². The minimum Gasteiger partial charge on any atom is -0.477 e. The minimum atomic E-state index is -1.08. The number of amides is 1. The second-order valence-corrected chi connectivity index (χ2v) is 4.89. The smallest absolute Gasteiger partial charge is 0.354 e. The van der Waals surface area contributed by atoms with Crippen LogP contribution >= 0.6 is 11.8 Å². The normalized spacial score (nSPS) is 11.6. The molecule has 5 nitrogen and oxygen atoms in total. The van der Waals surface area contributed by atoms with Crippen LogP contribution in [0.1, 0.15) is 17.4 Å². The number of carbonyl (C=O) groups excluding carboxylic acids is 1. The molecule has 6 heteroatoms. The number of nitrogens with zero attached hydrogens (tertiary/aromatic N) is 1. The first-order valence-electron chi connectivity index (χ1n) is 5.29. The number of aromatic carboxylic acids is 1. The van der Waals surface area contributed by atoms with E-state index in [2.05, 4.69) is 16.9 Å². The predicted molar refractivity (Wildman–Crippen MR) is 69.7 cm³/mol. The summed E-state index contributed by atoms with van der Waals surface area (Å²) < 4.78 is 0. The quantitative estimate of drug-likeness (QED) is 0.603. The molecule has 1 unspecified atom stereocenters. The summed E-state index contributed by atoms with van der Waals surface area (Å²) in [5.74, 6) is -1.20. The summed E-state index contributed by atoms with van der Waals surface area (Å²) in [4.78, 5) is 26.8. The van der Waals surface area contributed by atoms with E-state index in [1.54, 1.807) is 19.1 Å². The van der Waals surface area contributed by atoms with Crippen molar-refractivity contribution in [2.24, 2.45) is 0 Å². The lowest BCUT2D eigenvalue weighted by Crippen LogP contribution is -2.30. The Morgan fingerprint density at radius 3 is 3.00 bits per heavy atom. The zero-order chi connectivity index (χ0) is 13.5. The summed E-state index contributed by atoms with van der Waals surface area (Å²) >= 11 is 1.28. The van der Waals surface area contributed by atoms with Gasteiger partial charge in [-0.2, -0.15) is 0 Å². The molecule has 0 saturated carbocycles. The Balaban J connectivity index is 2.66. The third kappa shape index (κ3) is 4.21. The number of nitrogens with one attached hydrogen (secondary N) is 1. The zero-order valence-corrected chi connectivity index (χ0v) is 10.7. The molecule has 18 heavy (non-hydrogen) atoms. The Labute approximate surface area is 109 Å². The van der Waals surface area contributed by atoms with Gasteiger partial charge in [0.05, 0.1) is 5.25 Å². The predicted octanol–water partition coefficient (Wildman–Crippen LogP) is 1.56. The molecular weight excluding hydrogens is 252 g/mol. The number of thioether (sulfide) groups is 1. The molecule has 96 valence electrons. The summed E-state index contributed by atoms with van der Waals surface area (Å²) in [6.45, 7) is 5.68. The van der Waals surface area contributed by atoms with Gasteiger partial charge in [0.1, 0.15) is 5.69 Å². The number of carboxylic acids is 1. The fourth-order valence-electron chi connectivity index (χ4n) is 1.18. The Hall–Kier alpha value is -1.82. The van der Waals surface area contributed by atoms with Crippen molar-refractivity contribution < 1.29 is 14.7 Å². The summed E-state index contributed by atoms with van der Waals surface area (Å²) in [5, 5.41) is 11.2. The Morgan fingerprint density at radius 2 is 2.39 bits per heavy atom. The number of aromatic nitrogens is 1. The molecule has 0 bridgehead atoms. The standard InChI is InChI=1S/C12H14N2O3S/c1-3-5-14-11(15)8(2)18-9-4-6-13-10(7-9)12(16)17/h3-4,6-8H,1,5H2,2H3,(H,14,15)(H,16,17). The van der Waals surface area contributed by atoms with E-state index < -0.39 is 5.97 Å². The van der Waals surface area contributed by atoms with E-state index in [1.165, 1.54) is 24.0 Å². The van der Waals surface area contributed by atoms with Crippen molar-refractivity contribution in [2.45, 2.75) is 17.1 Å². The van der Waals surface area contributed by atoms with Crippen molar-refractivity contribution in [3.05, 3.63) is 36.7 Å². The van der Waals surface area contributed by atoms with Gasteiger partial charge in [-0.05, 0) is 19.1 Å². The van der Waals surface area contributed by atoms with Gasteiger partial charge in [0.2, 0.25) is 5.91 Å². The van der Waals surface area contributed by atoms with E-state index in [0.717, 1.165) is 0 Å². The van der Waals surface area contributed by atoms with Crippen molar-refractivity contribution in [3.63, 3.8) is 0 Å². The fraction of sp³-hybridized carbons (Fsp3) is 0.250. The first-order valence-corrected chi connectivity index (χ1v) is 6.17. The van der Waals surface area contributed by atoms with Gasteiger partial charge >= 0.3 is 5.97 Å². The fourth-order valence-corrected chi connectivity index (χ4v) is 2.09. The van der Waals surface area contributed by atoms with Gasteiger partial charge < -0.3 is 10.4 Å². The second kappa shape index (κ2) is 6.80. The van der Waals surface area contributed by atoms with E-state index >= 15 is 0 Å². The number of pyridine rings is 1. The van der Waals surface area contributed by atoms with Crippen LogP contribution in [0.4, 0.5) is 0 Å². The Kier molecular flexibility index (Phi) is 5.38. The SMILES string of the molecule is C=CCNC(=O)C(C)Sc1ccnc(C(=O)O)c1. The lowest BCUT2D eigenvalue weighted by atomic mass is 10.3. The van der Waals surface area contributed by atoms with Crippen LogP contribution in [-0.2, 0) is 4.79 Å². The van der Waals surface area contributed by atoms with Gasteiger partial charge in [-0.1, -0.05) is 6.08 Å². The average molecular weight is 266 g/mol. The number of carboxylic acid groups (broad SMARTS) is 1. The molecule has 0 saturated heterocycles. The largest absolute Gasteiger partial charge is 0.477 e. The van der Waals surface area contributed by atoms with Gasteiger partial charge in [0.25, 0.3) is 0 Å². The monoisotopic (exact) mass is 266 g/mol. The van der Waals surface area contributed by atoms with E-state index in [1.807, 2.05) is 0 Å². The van der Waals surface area contributed by atoms with Crippen molar-refractivity contribution in [1.82, 2.24) is 10.3 Å². The lowest BCUT2D eigenvalue weighted by molar-refractivity contribution is -0.120. The highest BCUT2D eigenvalue weighted by molar-refractivity contribution is 8.00. The molecule has 0 radical (unpaired) electrons. The average Bonchev–Trinajstić information content (AvgIpc) is 2.36. The molecule has 1 aromatic rings. The van der Waals surface area contributed by atoms with E-state index in [4.69, 9.17) is 5.11 Å². The summed E-state index contributed by atoms with van der Waals surface area (Å²) in [6, 6.07) is 3.12. The van der Waals surface area contributed by atoms with Crippen LogP contribution in [0.25, 0.3) is 0 Å². The second-order valence-electron chi connectivity index (χ2n) is 3.48. The first kappa shape index (κ1) is 14.2. The molecule has 1 atom stereocenters. The topological polar surface area (TPSA) is 79.3 Å². The maximum Gasteiger partial charge on any atom is 0.354 e. The molecule has 0 aromatic carbocycles. The molecule has 2 N–H and O–H groups in total. The van der Waals surface area contributed by atoms with E-state index in [0.29, 0.717) is 11.4 Å². The highest BCUT2D eigenvalue weighted by atomic mass is 32.2. The summed E-state index contributed by atoms with van der Waals surface area (Å²) in [5.41, 5.74) is -0.0290. The first-order chi connectivity index (χ1) is 8.54. The highest BCUT2D eigenvalue weighted by Gasteiger charge is 2.14. The number of hydrogen-bond acceptors (Lipinski definition) is 4.